The van der Waals surface area contributed by atoms with Gasteiger partial charge < -0.3 is 4.74 Å². The minimum absolute atomic E-state index is 0.00637. The van der Waals surface area contributed by atoms with Gasteiger partial charge in [0, 0.05) is 19.8 Å². The minimum Gasteiger partial charge on any atom is -0.385 e. The number of halogens is 2. The monoisotopic (exact) mass is 274 g/mol. The fourth-order valence-electron chi connectivity index (χ4n) is 1.87. The van der Waals surface area contributed by atoms with Gasteiger partial charge in [-0.1, -0.05) is 30.7 Å². The molecule has 0 spiro atoms. The van der Waals surface area contributed by atoms with Crippen LogP contribution in [0.4, 0.5) is 4.39 Å². The molecule has 18 heavy (non-hydrogen) atoms. The summed E-state index contributed by atoms with van der Waals surface area (Å²) < 4.78 is 18.8. The van der Waals surface area contributed by atoms with Gasteiger partial charge in [0.15, 0.2) is 0 Å². The van der Waals surface area contributed by atoms with Crippen molar-refractivity contribution in [3.8, 4) is 0 Å². The summed E-state index contributed by atoms with van der Waals surface area (Å²) in [6.45, 7) is 2.73. The molecule has 0 saturated carbocycles. The van der Waals surface area contributed by atoms with E-state index in [4.69, 9.17) is 22.2 Å². The normalized spacial score (nSPS) is 14.5. The van der Waals surface area contributed by atoms with Gasteiger partial charge in [0.2, 0.25) is 0 Å². The van der Waals surface area contributed by atoms with Crippen LogP contribution < -0.4 is 11.3 Å². The lowest BCUT2D eigenvalue weighted by Crippen LogP contribution is -2.42. The largest absolute Gasteiger partial charge is 0.385 e. The van der Waals surface area contributed by atoms with Crippen molar-refractivity contribution in [1.82, 2.24) is 5.43 Å². The molecule has 0 aliphatic carbocycles. The van der Waals surface area contributed by atoms with Crippen molar-refractivity contribution >= 4 is 11.6 Å². The Labute approximate surface area is 112 Å². The number of hydrazine groups is 1. The Hall–Kier alpha value is -0.680. The number of benzene rings is 1. The van der Waals surface area contributed by atoms with E-state index in [1.807, 2.05) is 0 Å². The highest BCUT2D eigenvalue weighted by Gasteiger charge is 2.18. The highest BCUT2D eigenvalue weighted by Crippen LogP contribution is 2.21. The van der Waals surface area contributed by atoms with Crippen molar-refractivity contribution in [2.75, 3.05) is 13.7 Å². The Balaban J connectivity index is 2.70. The summed E-state index contributed by atoms with van der Waals surface area (Å²) >= 11 is 5.76. The number of methoxy groups -OCH3 is 1. The standard InChI is InChI=1S/C13H20ClFN2O/c1-9(6-7-18-2)12(17-16)8-10-4-3-5-11(14)13(10)15/h3-5,9,12,17H,6-8,16H2,1-2H3. The summed E-state index contributed by atoms with van der Waals surface area (Å²) in [5.41, 5.74) is 3.32. The molecule has 0 bridgehead atoms. The third kappa shape index (κ3) is 4.21. The zero-order valence-electron chi connectivity index (χ0n) is 10.7. The maximum atomic E-state index is 13.8. The van der Waals surface area contributed by atoms with Crippen molar-refractivity contribution in [2.24, 2.45) is 11.8 Å². The van der Waals surface area contributed by atoms with E-state index in [0.29, 0.717) is 18.6 Å². The lowest BCUT2D eigenvalue weighted by atomic mass is 9.93. The number of ether oxygens (including phenoxy) is 1. The molecule has 2 atom stereocenters. The summed E-state index contributed by atoms with van der Waals surface area (Å²) in [7, 11) is 1.66. The molecule has 102 valence electrons. The Kier molecular flexibility index (Phi) is 6.57. The van der Waals surface area contributed by atoms with Crippen molar-refractivity contribution in [2.45, 2.75) is 25.8 Å². The molecule has 0 aromatic heterocycles. The molecule has 0 radical (unpaired) electrons. The van der Waals surface area contributed by atoms with Gasteiger partial charge in [0.05, 0.1) is 5.02 Å². The minimum atomic E-state index is -0.363. The van der Waals surface area contributed by atoms with Crippen molar-refractivity contribution in [1.29, 1.82) is 0 Å². The van der Waals surface area contributed by atoms with Gasteiger partial charge >= 0.3 is 0 Å². The second-order valence-corrected chi connectivity index (χ2v) is 4.86. The number of nitrogens with two attached hydrogens (primary N) is 1. The third-order valence-electron chi connectivity index (χ3n) is 3.15. The fourth-order valence-corrected chi connectivity index (χ4v) is 2.07. The van der Waals surface area contributed by atoms with Gasteiger partial charge in [0.25, 0.3) is 0 Å². The number of hydrogen-bond acceptors (Lipinski definition) is 3. The van der Waals surface area contributed by atoms with Crippen LogP contribution in [-0.4, -0.2) is 19.8 Å². The average molecular weight is 275 g/mol. The smallest absolute Gasteiger partial charge is 0.145 e. The quantitative estimate of drug-likeness (QED) is 0.593. The van der Waals surface area contributed by atoms with E-state index in [1.165, 1.54) is 0 Å². The first kappa shape index (κ1) is 15.4. The average Bonchev–Trinajstić information content (AvgIpc) is 2.37. The van der Waals surface area contributed by atoms with Crippen LogP contribution in [0.2, 0.25) is 5.02 Å². The van der Waals surface area contributed by atoms with E-state index < -0.39 is 0 Å². The molecule has 3 N–H and O–H groups in total. The van der Waals surface area contributed by atoms with Gasteiger partial charge in [0.1, 0.15) is 5.82 Å². The predicted molar refractivity (Wildman–Crippen MR) is 71.9 cm³/mol. The lowest BCUT2D eigenvalue weighted by Gasteiger charge is -2.23. The molecule has 0 saturated heterocycles. The van der Waals surface area contributed by atoms with Crippen LogP contribution in [0.1, 0.15) is 18.9 Å². The summed E-state index contributed by atoms with van der Waals surface area (Å²) in [5.74, 6) is 5.46. The molecule has 0 fully saturated rings. The van der Waals surface area contributed by atoms with Crippen molar-refractivity contribution < 1.29 is 9.13 Å². The van der Waals surface area contributed by atoms with Gasteiger partial charge in [-0.25, -0.2) is 4.39 Å². The molecule has 5 heteroatoms. The van der Waals surface area contributed by atoms with Crippen LogP contribution in [0.15, 0.2) is 18.2 Å². The van der Waals surface area contributed by atoms with E-state index in [0.717, 1.165) is 6.42 Å². The Bertz CT molecular complexity index is 376. The second-order valence-electron chi connectivity index (χ2n) is 4.45. The number of nitrogens with one attached hydrogen (secondary N) is 1. The van der Waals surface area contributed by atoms with E-state index in [-0.39, 0.29) is 22.8 Å². The molecule has 0 aliphatic rings. The molecule has 2 unspecified atom stereocenters. The number of hydrogen-bond donors (Lipinski definition) is 2. The fraction of sp³-hybridized carbons (Fsp3) is 0.538. The van der Waals surface area contributed by atoms with Gasteiger partial charge in [-0.05, 0) is 30.4 Å². The van der Waals surface area contributed by atoms with E-state index in [1.54, 1.807) is 25.3 Å². The van der Waals surface area contributed by atoms with Gasteiger partial charge in [-0.2, -0.15) is 0 Å². The maximum absolute atomic E-state index is 13.8. The molecule has 0 aliphatic heterocycles. The first-order chi connectivity index (χ1) is 8.60. The third-order valence-corrected chi connectivity index (χ3v) is 3.44. The van der Waals surface area contributed by atoms with Crippen molar-refractivity contribution in [3.05, 3.63) is 34.6 Å². The zero-order chi connectivity index (χ0) is 13.5. The first-order valence-corrected chi connectivity index (χ1v) is 6.35. The molecule has 1 rings (SSSR count). The maximum Gasteiger partial charge on any atom is 0.145 e. The van der Waals surface area contributed by atoms with Crippen LogP contribution in [0.5, 0.6) is 0 Å². The molecule has 1 aromatic carbocycles. The molecule has 0 amide bonds. The number of rotatable bonds is 7. The molecular weight excluding hydrogens is 255 g/mol. The Morgan fingerprint density at radius 1 is 1.50 bits per heavy atom. The van der Waals surface area contributed by atoms with Gasteiger partial charge in [-0.3, -0.25) is 11.3 Å². The summed E-state index contributed by atoms with van der Waals surface area (Å²) in [6.07, 6.45) is 1.38. The molecular formula is C13H20ClFN2O. The lowest BCUT2D eigenvalue weighted by molar-refractivity contribution is 0.170. The second kappa shape index (κ2) is 7.69. The van der Waals surface area contributed by atoms with Crippen LogP contribution >= 0.6 is 11.6 Å². The van der Waals surface area contributed by atoms with Crippen LogP contribution in [0, 0.1) is 11.7 Å². The zero-order valence-corrected chi connectivity index (χ0v) is 11.5. The van der Waals surface area contributed by atoms with Crippen LogP contribution in [0.3, 0.4) is 0 Å². The van der Waals surface area contributed by atoms with Crippen LogP contribution in [0.25, 0.3) is 0 Å². The first-order valence-electron chi connectivity index (χ1n) is 5.98. The van der Waals surface area contributed by atoms with E-state index >= 15 is 0 Å². The topological polar surface area (TPSA) is 47.3 Å². The van der Waals surface area contributed by atoms with Crippen LogP contribution in [-0.2, 0) is 11.2 Å². The highest BCUT2D eigenvalue weighted by atomic mass is 35.5. The Morgan fingerprint density at radius 2 is 2.22 bits per heavy atom. The Morgan fingerprint density at radius 3 is 2.83 bits per heavy atom. The van der Waals surface area contributed by atoms with Crippen molar-refractivity contribution in [3.63, 3.8) is 0 Å². The molecule has 0 heterocycles. The SMILES string of the molecule is COCCC(C)C(Cc1cccc(Cl)c1F)NN. The van der Waals surface area contributed by atoms with Gasteiger partial charge in [-0.15, -0.1) is 0 Å². The highest BCUT2D eigenvalue weighted by molar-refractivity contribution is 6.30. The molecule has 3 nitrogen and oxygen atoms in total. The summed E-state index contributed by atoms with van der Waals surface area (Å²) in [5, 5.41) is 0.146. The summed E-state index contributed by atoms with van der Waals surface area (Å²) in [4.78, 5) is 0. The summed E-state index contributed by atoms with van der Waals surface area (Å²) in [6, 6.07) is 5.01. The van der Waals surface area contributed by atoms with E-state index in [9.17, 15) is 4.39 Å². The van der Waals surface area contributed by atoms with E-state index in [2.05, 4.69) is 12.3 Å². The predicted octanol–water partition coefficient (Wildman–Crippen LogP) is 2.53. The molecule has 1 aromatic rings.